The van der Waals surface area contributed by atoms with E-state index in [1.54, 1.807) is 11.3 Å². The number of aromatic nitrogens is 1. The van der Waals surface area contributed by atoms with Gasteiger partial charge in [0.1, 0.15) is 5.01 Å². The van der Waals surface area contributed by atoms with E-state index >= 15 is 0 Å². The summed E-state index contributed by atoms with van der Waals surface area (Å²) in [5, 5.41) is 6.56. The van der Waals surface area contributed by atoms with Gasteiger partial charge in [0.2, 0.25) is 0 Å². The molecule has 1 fully saturated rings. The van der Waals surface area contributed by atoms with E-state index in [2.05, 4.69) is 48.4 Å². The molecule has 0 radical (unpaired) electrons. The van der Waals surface area contributed by atoms with Gasteiger partial charge >= 0.3 is 0 Å². The van der Waals surface area contributed by atoms with Crippen LogP contribution in [0, 0.1) is 0 Å². The highest BCUT2D eigenvalue weighted by Crippen LogP contribution is 2.16. The minimum absolute atomic E-state index is 0.632. The third kappa shape index (κ3) is 5.74. The minimum atomic E-state index is -1.51. The standard InChI is InChI=1S/C15H24N6O2S3/c1-20(2)9-13-17-12(11-25-13)10-24-8-3-16-14-15(19-26(22)18-14)21-4-6-23-7-5-21/h11H,3-10H2,1-2H3,(H,16,18). The van der Waals surface area contributed by atoms with Crippen molar-refractivity contribution in [2.75, 3.05) is 52.7 Å². The predicted octanol–water partition coefficient (Wildman–Crippen LogP) is 0.749. The highest BCUT2D eigenvalue weighted by molar-refractivity contribution is 7.98. The van der Waals surface area contributed by atoms with Crippen molar-refractivity contribution in [1.82, 2.24) is 20.1 Å². The zero-order valence-corrected chi connectivity index (χ0v) is 17.5. The average Bonchev–Trinajstić information content (AvgIpc) is 3.21. The van der Waals surface area contributed by atoms with Gasteiger partial charge in [0.05, 0.1) is 18.9 Å². The number of morpholine rings is 1. The maximum atomic E-state index is 11.7. The maximum Gasteiger partial charge on any atom is 0.269 e. The molecular weight excluding hydrogens is 392 g/mol. The van der Waals surface area contributed by atoms with Crippen molar-refractivity contribution in [2.45, 2.75) is 12.3 Å². The average molecular weight is 417 g/mol. The van der Waals surface area contributed by atoms with Crippen LogP contribution in [0.3, 0.4) is 0 Å². The van der Waals surface area contributed by atoms with Crippen molar-refractivity contribution >= 4 is 45.9 Å². The van der Waals surface area contributed by atoms with Crippen LogP contribution < -0.4 is 5.32 Å². The molecule has 2 aliphatic rings. The van der Waals surface area contributed by atoms with Gasteiger partial charge in [0, 0.05) is 43.1 Å². The number of thioether (sulfide) groups is 1. The zero-order valence-electron chi connectivity index (χ0n) is 15.0. The highest BCUT2D eigenvalue weighted by Gasteiger charge is 2.25. The fourth-order valence-electron chi connectivity index (χ4n) is 2.53. The molecule has 1 saturated heterocycles. The molecule has 1 N–H and O–H groups in total. The normalized spacial score (nSPS) is 20.4. The smallest absolute Gasteiger partial charge is 0.269 e. The van der Waals surface area contributed by atoms with Crippen LogP contribution in [-0.4, -0.2) is 83.4 Å². The molecule has 1 aromatic rings. The number of hydrogen-bond acceptors (Lipinski definition) is 8. The zero-order chi connectivity index (χ0) is 18.4. The number of hydrogen-bond donors (Lipinski definition) is 1. The van der Waals surface area contributed by atoms with Crippen LogP contribution >= 0.6 is 23.1 Å². The molecule has 2 aliphatic heterocycles. The molecule has 11 heteroatoms. The maximum absolute atomic E-state index is 11.7. The van der Waals surface area contributed by atoms with E-state index in [1.807, 2.05) is 11.8 Å². The summed E-state index contributed by atoms with van der Waals surface area (Å²) in [6.07, 6.45) is 0. The Bertz CT molecular complexity index is 685. The molecule has 1 atom stereocenters. The lowest BCUT2D eigenvalue weighted by Gasteiger charge is -2.28. The minimum Gasteiger partial charge on any atom is -0.378 e. The van der Waals surface area contributed by atoms with Crippen molar-refractivity contribution in [2.24, 2.45) is 8.80 Å². The van der Waals surface area contributed by atoms with Gasteiger partial charge in [-0.1, -0.05) is 0 Å². The van der Waals surface area contributed by atoms with E-state index in [9.17, 15) is 4.21 Å². The van der Waals surface area contributed by atoms with Gasteiger partial charge in [-0.2, -0.15) is 11.8 Å². The number of thiazole rings is 1. The molecule has 26 heavy (non-hydrogen) atoms. The second-order valence-electron chi connectivity index (χ2n) is 6.13. The SMILES string of the molecule is CN(C)Cc1nc(CSCCNC2=NS(=O)N=C2N2CCOCC2)cs1. The second kappa shape index (κ2) is 9.79. The van der Waals surface area contributed by atoms with E-state index in [0.717, 1.165) is 48.4 Å². The molecular formula is C15H24N6O2S3. The summed E-state index contributed by atoms with van der Waals surface area (Å²) in [7, 11) is 4.10. The molecule has 0 aromatic carbocycles. The van der Waals surface area contributed by atoms with Crippen molar-refractivity contribution in [3.63, 3.8) is 0 Å². The first-order valence-corrected chi connectivity index (χ1v) is 11.5. The Morgan fingerprint density at radius 1 is 1.38 bits per heavy atom. The molecule has 3 heterocycles. The molecule has 3 rings (SSSR count). The van der Waals surface area contributed by atoms with Crippen molar-refractivity contribution in [3.05, 3.63) is 16.1 Å². The summed E-state index contributed by atoms with van der Waals surface area (Å²) in [6.45, 7) is 4.47. The number of rotatable bonds is 7. The molecule has 0 saturated carbocycles. The Balaban J connectivity index is 1.39. The molecule has 8 nitrogen and oxygen atoms in total. The van der Waals surface area contributed by atoms with Gasteiger partial charge in [-0.3, -0.25) is 0 Å². The Morgan fingerprint density at radius 2 is 2.19 bits per heavy atom. The molecule has 0 aliphatic carbocycles. The van der Waals surface area contributed by atoms with Crippen molar-refractivity contribution < 1.29 is 8.95 Å². The van der Waals surface area contributed by atoms with E-state index in [-0.39, 0.29) is 0 Å². The summed E-state index contributed by atoms with van der Waals surface area (Å²) in [5.74, 6) is 3.15. The summed E-state index contributed by atoms with van der Waals surface area (Å²) >= 11 is 2.02. The van der Waals surface area contributed by atoms with Crippen LogP contribution in [-0.2, 0) is 28.2 Å². The van der Waals surface area contributed by atoms with Crippen LogP contribution in [0.5, 0.6) is 0 Å². The monoisotopic (exact) mass is 416 g/mol. The highest BCUT2D eigenvalue weighted by atomic mass is 32.2. The van der Waals surface area contributed by atoms with Gasteiger partial charge < -0.3 is 19.9 Å². The molecule has 0 amide bonds. The van der Waals surface area contributed by atoms with Crippen LogP contribution in [0.1, 0.15) is 10.7 Å². The van der Waals surface area contributed by atoms with Gasteiger partial charge in [-0.05, 0) is 14.1 Å². The fourth-order valence-corrected chi connectivity index (χ4v) is 4.98. The van der Waals surface area contributed by atoms with Gasteiger partial charge in [0.15, 0.2) is 11.7 Å². The van der Waals surface area contributed by atoms with Gasteiger partial charge in [-0.25, -0.2) is 9.19 Å². The van der Waals surface area contributed by atoms with E-state index < -0.39 is 11.2 Å². The number of amidine groups is 2. The number of nitrogens with one attached hydrogen (secondary N) is 1. The molecule has 144 valence electrons. The summed E-state index contributed by atoms with van der Waals surface area (Å²) < 4.78 is 25.3. The first-order chi connectivity index (χ1) is 12.6. The quantitative estimate of drug-likeness (QED) is 0.657. The topological polar surface area (TPSA) is 82.4 Å². The second-order valence-corrected chi connectivity index (χ2v) is 9.01. The lowest BCUT2D eigenvalue weighted by molar-refractivity contribution is 0.0689. The van der Waals surface area contributed by atoms with Crippen molar-refractivity contribution in [1.29, 1.82) is 0 Å². The molecule has 1 aromatic heterocycles. The van der Waals surface area contributed by atoms with E-state index in [0.29, 0.717) is 24.9 Å². The van der Waals surface area contributed by atoms with E-state index in [4.69, 9.17) is 4.74 Å². The third-order valence-electron chi connectivity index (χ3n) is 3.70. The lowest BCUT2D eigenvalue weighted by Crippen LogP contribution is -2.47. The van der Waals surface area contributed by atoms with Crippen LogP contribution in [0.15, 0.2) is 14.2 Å². The fraction of sp³-hybridized carbons (Fsp3) is 0.667. The Labute approximate surface area is 164 Å². The largest absolute Gasteiger partial charge is 0.378 e. The number of nitrogens with zero attached hydrogens (tertiary/aromatic N) is 5. The summed E-state index contributed by atoms with van der Waals surface area (Å²) in [5.41, 5.74) is 1.13. The van der Waals surface area contributed by atoms with E-state index in [1.165, 1.54) is 0 Å². The van der Waals surface area contributed by atoms with Crippen LogP contribution in [0.25, 0.3) is 0 Å². The number of ether oxygens (including phenoxy) is 1. The van der Waals surface area contributed by atoms with Gasteiger partial charge in [-0.15, -0.1) is 20.1 Å². The Kier molecular flexibility index (Phi) is 7.43. The molecule has 0 bridgehead atoms. The van der Waals surface area contributed by atoms with Crippen molar-refractivity contribution in [3.8, 4) is 0 Å². The predicted molar refractivity (Wildman–Crippen MR) is 109 cm³/mol. The molecule has 0 spiro atoms. The Hall–Kier alpha value is -1.01. The first kappa shape index (κ1) is 19.7. The summed E-state index contributed by atoms with van der Waals surface area (Å²) in [4.78, 5) is 8.85. The van der Waals surface area contributed by atoms with Crippen LogP contribution in [0.4, 0.5) is 0 Å². The first-order valence-electron chi connectivity index (χ1n) is 8.44. The third-order valence-corrected chi connectivity index (χ3v) is 6.24. The molecule has 1 unspecified atom stereocenters. The van der Waals surface area contributed by atoms with Gasteiger partial charge in [0.25, 0.3) is 11.2 Å². The Morgan fingerprint density at radius 3 is 2.96 bits per heavy atom. The summed E-state index contributed by atoms with van der Waals surface area (Å²) in [6, 6.07) is 0. The van der Waals surface area contributed by atoms with Crippen LogP contribution in [0.2, 0.25) is 0 Å². The lowest BCUT2D eigenvalue weighted by atomic mass is 10.3.